The van der Waals surface area contributed by atoms with Crippen LogP contribution in [0.5, 0.6) is 0 Å². The van der Waals surface area contributed by atoms with E-state index in [-0.39, 0.29) is 12.1 Å². The number of aromatic nitrogens is 3. The number of carbonyl (C=O) groups is 1. The normalized spacial score (nSPS) is 17.2. The lowest BCUT2D eigenvalue weighted by Crippen LogP contribution is -2.34. The summed E-state index contributed by atoms with van der Waals surface area (Å²) in [4.78, 5) is 19.1. The van der Waals surface area contributed by atoms with Gasteiger partial charge in [0.15, 0.2) is 5.65 Å². The monoisotopic (exact) mass is 335 g/mol. The fourth-order valence-corrected chi connectivity index (χ4v) is 3.60. The third-order valence-corrected chi connectivity index (χ3v) is 4.81. The molecule has 1 unspecified atom stereocenters. The van der Waals surface area contributed by atoms with Crippen molar-refractivity contribution in [2.24, 2.45) is 7.05 Å². The number of hydrogen-bond acceptors (Lipinski definition) is 3. The molecule has 0 radical (unpaired) electrons. The predicted octanol–water partition coefficient (Wildman–Crippen LogP) is 3.65. The molecule has 2 amide bonds. The second-order valence-electron chi connectivity index (χ2n) is 6.50. The van der Waals surface area contributed by atoms with Gasteiger partial charge in [0.2, 0.25) is 0 Å². The number of aryl methyl sites for hydroxylation is 2. The summed E-state index contributed by atoms with van der Waals surface area (Å²) in [7, 11) is 1.87. The highest BCUT2D eigenvalue weighted by Gasteiger charge is 2.29. The highest BCUT2D eigenvalue weighted by molar-refractivity contribution is 5.92. The summed E-state index contributed by atoms with van der Waals surface area (Å²) in [5.74, 6) is 0. The van der Waals surface area contributed by atoms with Gasteiger partial charge in [0, 0.05) is 19.0 Å². The molecule has 1 aromatic carbocycles. The number of carbonyl (C=O) groups excluding carboxylic acids is 1. The standard InChI is InChI=1S/C19H21N5O/c1-13-16-11-15(12-20-18(16)23(2)22-13)21-19(25)24-10-6-9-17(24)14-7-4-3-5-8-14/h3-5,7-8,11-12,17H,6,9-10H2,1-2H3,(H,21,25). The fraction of sp³-hybridized carbons (Fsp3) is 0.316. The maximum atomic E-state index is 12.8. The minimum Gasteiger partial charge on any atom is -0.317 e. The Hall–Kier alpha value is -2.89. The number of benzene rings is 1. The van der Waals surface area contributed by atoms with E-state index in [0.29, 0.717) is 5.69 Å². The first kappa shape index (κ1) is 15.6. The van der Waals surface area contributed by atoms with Crippen molar-refractivity contribution in [2.75, 3.05) is 11.9 Å². The van der Waals surface area contributed by atoms with E-state index in [4.69, 9.17) is 0 Å². The molecular weight excluding hydrogens is 314 g/mol. The summed E-state index contributed by atoms with van der Waals surface area (Å²) in [6, 6.07) is 12.2. The molecule has 4 rings (SSSR count). The molecule has 0 aliphatic carbocycles. The first-order valence-corrected chi connectivity index (χ1v) is 8.55. The minimum atomic E-state index is -0.0750. The van der Waals surface area contributed by atoms with E-state index in [1.54, 1.807) is 10.9 Å². The van der Waals surface area contributed by atoms with Crippen LogP contribution in [-0.4, -0.2) is 32.2 Å². The highest BCUT2D eigenvalue weighted by atomic mass is 16.2. The Bertz CT molecular complexity index is 918. The average Bonchev–Trinajstić information content (AvgIpc) is 3.21. The SMILES string of the molecule is Cc1nn(C)c2ncc(NC(=O)N3CCCC3c3ccccc3)cc12. The molecule has 1 N–H and O–H groups in total. The van der Waals surface area contributed by atoms with E-state index >= 15 is 0 Å². The van der Waals surface area contributed by atoms with Crippen LogP contribution in [0.15, 0.2) is 42.6 Å². The molecular formula is C19H21N5O. The van der Waals surface area contributed by atoms with Crippen LogP contribution in [0, 0.1) is 6.92 Å². The number of rotatable bonds is 2. The molecule has 6 nitrogen and oxygen atoms in total. The number of amides is 2. The molecule has 1 fully saturated rings. The van der Waals surface area contributed by atoms with Crippen molar-refractivity contribution in [3.8, 4) is 0 Å². The van der Waals surface area contributed by atoms with E-state index < -0.39 is 0 Å². The number of anilines is 1. The van der Waals surface area contributed by atoms with Crippen molar-refractivity contribution in [3.05, 3.63) is 53.9 Å². The molecule has 1 saturated heterocycles. The Morgan fingerprint density at radius 3 is 2.88 bits per heavy atom. The van der Waals surface area contributed by atoms with Crippen LogP contribution in [0.4, 0.5) is 10.5 Å². The molecule has 25 heavy (non-hydrogen) atoms. The molecule has 3 heterocycles. The second-order valence-corrected chi connectivity index (χ2v) is 6.50. The van der Waals surface area contributed by atoms with Gasteiger partial charge in [0.25, 0.3) is 0 Å². The number of urea groups is 1. The van der Waals surface area contributed by atoms with Gasteiger partial charge in [-0.05, 0) is 31.4 Å². The summed E-state index contributed by atoms with van der Waals surface area (Å²) in [6.45, 7) is 2.72. The molecule has 2 aromatic heterocycles. The zero-order valence-corrected chi connectivity index (χ0v) is 14.4. The Morgan fingerprint density at radius 2 is 2.08 bits per heavy atom. The summed E-state index contributed by atoms with van der Waals surface area (Å²) < 4.78 is 1.75. The van der Waals surface area contributed by atoms with Gasteiger partial charge in [0.1, 0.15) is 0 Å². The topological polar surface area (TPSA) is 63.1 Å². The van der Waals surface area contributed by atoms with Gasteiger partial charge < -0.3 is 10.2 Å². The average molecular weight is 335 g/mol. The van der Waals surface area contributed by atoms with E-state index in [1.165, 1.54) is 5.56 Å². The lowest BCUT2D eigenvalue weighted by molar-refractivity contribution is 0.207. The smallest absolute Gasteiger partial charge is 0.317 e. The van der Waals surface area contributed by atoms with Crippen LogP contribution in [0.2, 0.25) is 0 Å². The summed E-state index contributed by atoms with van der Waals surface area (Å²) in [5.41, 5.74) is 3.61. The van der Waals surface area contributed by atoms with Crippen molar-refractivity contribution in [1.82, 2.24) is 19.7 Å². The molecule has 1 aliphatic rings. The van der Waals surface area contributed by atoms with Crippen molar-refractivity contribution in [3.63, 3.8) is 0 Å². The molecule has 0 bridgehead atoms. The van der Waals surface area contributed by atoms with Crippen LogP contribution in [-0.2, 0) is 7.05 Å². The number of hydrogen-bond donors (Lipinski definition) is 1. The number of nitrogens with zero attached hydrogens (tertiary/aromatic N) is 4. The van der Waals surface area contributed by atoms with Gasteiger partial charge in [-0.2, -0.15) is 5.10 Å². The van der Waals surface area contributed by atoms with Crippen LogP contribution in [0.25, 0.3) is 11.0 Å². The number of fused-ring (bicyclic) bond motifs is 1. The van der Waals surface area contributed by atoms with E-state index in [2.05, 4.69) is 27.5 Å². The highest BCUT2D eigenvalue weighted by Crippen LogP contribution is 2.32. The molecule has 6 heteroatoms. The summed E-state index contributed by atoms with van der Waals surface area (Å²) >= 11 is 0. The first-order valence-electron chi connectivity index (χ1n) is 8.55. The Morgan fingerprint density at radius 1 is 1.28 bits per heavy atom. The van der Waals surface area contributed by atoms with Gasteiger partial charge in [0.05, 0.1) is 23.6 Å². The van der Waals surface area contributed by atoms with Gasteiger partial charge in [-0.3, -0.25) is 4.68 Å². The Labute approximate surface area is 146 Å². The van der Waals surface area contributed by atoms with Crippen LogP contribution in [0.1, 0.15) is 30.1 Å². The maximum absolute atomic E-state index is 12.8. The Balaban J connectivity index is 1.56. The van der Waals surface area contributed by atoms with Gasteiger partial charge in [-0.1, -0.05) is 30.3 Å². The molecule has 0 spiro atoms. The van der Waals surface area contributed by atoms with Gasteiger partial charge in [-0.15, -0.1) is 0 Å². The summed E-state index contributed by atoms with van der Waals surface area (Å²) in [5, 5.41) is 8.33. The molecule has 3 aromatic rings. The Kier molecular flexibility index (Phi) is 3.87. The largest absolute Gasteiger partial charge is 0.322 e. The van der Waals surface area contributed by atoms with Crippen LogP contribution in [0.3, 0.4) is 0 Å². The third kappa shape index (κ3) is 2.84. The van der Waals surface area contributed by atoms with Crippen molar-refractivity contribution in [1.29, 1.82) is 0 Å². The van der Waals surface area contributed by atoms with E-state index in [0.717, 1.165) is 36.1 Å². The van der Waals surface area contributed by atoms with Gasteiger partial charge in [-0.25, -0.2) is 9.78 Å². The number of pyridine rings is 1. The zero-order chi connectivity index (χ0) is 17.4. The minimum absolute atomic E-state index is 0.0750. The van der Waals surface area contributed by atoms with Crippen LogP contribution >= 0.6 is 0 Å². The summed E-state index contributed by atoms with van der Waals surface area (Å²) in [6.07, 6.45) is 3.71. The second kappa shape index (κ2) is 6.20. The quantitative estimate of drug-likeness (QED) is 0.777. The number of nitrogens with one attached hydrogen (secondary N) is 1. The van der Waals surface area contributed by atoms with E-state index in [1.807, 2.05) is 43.1 Å². The molecule has 1 atom stereocenters. The molecule has 0 saturated carbocycles. The molecule has 1 aliphatic heterocycles. The van der Waals surface area contributed by atoms with Crippen LogP contribution < -0.4 is 5.32 Å². The molecule has 128 valence electrons. The first-order chi connectivity index (χ1) is 12.1. The zero-order valence-electron chi connectivity index (χ0n) is 14.4. The van der Waals surface area contributed by atoms with Crippen molar-refractivity contribution >= 4 is 22.8 Å². The van der Waals surface area contributed by atoms with E-state index in [9.17, 15) is 4.79 Å². The fourth-order valence-electron chi connectivity index (χ4n) is 3.60. The predicted molar refractivity (Wildman–Crippen MR) is 97.4 cm³/mol. The van der Waals surface area contributed by atoms with Gasteiger partial charge >= 0.3 is 6.03 Å². The lowest BCUT2D eigenvalue weighted by atomic mass is 10.1. The lowest BCUT2D eigenvalue weighted by Gasteiger charge is -2.25. The number of likely N-dealkylation sites (tertiary alicyclic amines) is 1. The maximum Gasteiger partial charge on any atom is 0.322 e. The van der Waals surface area contributed by atoms with Crippen molar-refractivity contribution in [2.45, 2.75) is 25.8 Å². The van der Waals surface area contributed by atoms with Crippen molar-refractivity contribution < 1.29 is 4.79 Å². The third-order valence-electron chi connectivity index (χ3n) is 4.81.